The van der Waals surface area contributed by atoms with Crippen molar-refractivity contribution in [3.05, 3.63) is 70.2 Å². The quantitative estimate of drug-likeness (QED) is 0.246. The van der Waals surface area contributed by atoms with E-state index in [0.717, 1.165) is 30.1 Å². The highest BCUT2D eigenvalue weighted by Crippen LogP contribution is 2.24. The summed E-state index contributed by atoms with van der Waals surface area (Å²) in [6.07, 6.45) is 5.89. The van der Waals surface area contributed by atoms with Crippen molar-refractivity contribution in [3.8, 4) is 11.5 Å². The lowest BCUT2D eigenvalue weighted by molar-refractivity contribution is 0.440. The van der Waals surface area contributed by atoms with Gasteiger partial charge in [-0.15, -0.1) is 35.3 Å². The van der Waals surface area contributed by atoms with Crippen LogP contribution >= 0.6 is 35.3 Å². The molecule has 9 heteroatoms. The summed E-state index contributed by atoms with van der Waals surface area (Å²) < 4.78 is 19.9. The van der Waals surface area contributed by atoms with Crippen LogP contribution in [-0.2, 0) is 13.0 Å². The van der Waals surface area contributed by atoms with Gasteiger partial charge < -0.3 is 15.4 Å². The largest absolute Gasteiger partial charge is 0.453 e. The van der Waals surface area contributed by atoms with Crippen molar-refractivity contribution < 1.29 is 9.13 Å². The average molecular weight is 541 g/mol. The Balaban J connectivity index is 0.00000320. The van der Waals surface area contributed by atoms with Crippen molar-refractivity contribution in [2.24, 2.45) is 4.99 Å². The normalized spacial score (nSPS) is 11.0. The lowest BCUT2D eigenvalue weighted by Crippen LogP contribution is -2.38. The zero-order valence-electron chi connectivity index (χ0n) is 16.9. The van der Waals surface area contributed by atoms with E-state index in [1.165, 1.54) is 10.9 Å². The van der Waals surface area contributed by atoms with Crippen LogP contribution in [0.2, 0.25) is 0 Å². The second-order valence-electron chi connectivity index (χ2n) is 6.29. The Morgan fingerprint density at radius 3 is 2.77 bits per heavy atom. The van der Waals surface area contributed by atoms with Crippen molar-refractivity contribution in [1.29, 1.82) is 0 Å². The first-order valence-corrected chi connectivity index (χ1v) is 10.3. The molecule has 6 nitrogen and oxygen atoms in total. The Bertz CT molecular complexity index is 952. The van der Waals surface area contributed by atoms with E-state index in [1.807, 2.05) is 20.0 Å². The maximum atomic E-state index is 14.4. The summed E-state index contributed by atoms with van der Waals surface area (Å²) >= 11 is 1.70. The molecule has 0 aliphatic carbocycles. The zero-order chi connectivity index (χ0) is 20.5. The predicted molar refractivity (Wildman–Crippen MR) is 129 cm³/mol. The molecule has 3 rings (SSSR count). The number of nitrogens with one attached hydrogen (secondary N) is 2. The number of benzene rings is 1. The number of halogens is 2. The molecular formula is C21H25FIN5OS. The number of hydrogen-bond donors (Lipinski definition) is 2. The number of nitrogens with zero attached hydrogens (tertiary/aromatic N) is 3. The minimum atomic E-state index is -0.432. The Labute approximate surface area is 197 Å². The Morgan fingerprint density at radius 2 is 2.10 bits per heavy atom. The van der Waals surface area contributed by atoms with Crippen LogP contribution in [0.15, 0.2) is 53.9 Å². The molecule has 0 radical (unpaired) electrons. The van der Waals surface area contributed by atoms with Crippen LogP contribution in [0, 0.1) is 12.7 Å². The summed E-state index contributed by atoms with van der Waals surface area (Å²) in [5, 5.41) is 7.58. The van der Waals surface area contributed by atoms with Gasteiger partial charge in [0.25, 0.3) is 0 Å². The highest BCUT2D eigenvalue weighted by Gasteiger charge is 2.07. The van der Waals surface area contributed by atoms with E-state index in [2.05, 4.69) is 25.6 Å². The molecule has 0 aliphatic rings. The van der Waals surface area contributed by atoms with Gasteiger partial charge in [0, 0.05) is 36.8 Å². The second kappa shape index (κ2) is 12.4. The first kappa shape index (κ1) is 24.0. The van der Waals surface area contributed by atoms with Crippen LogP contribution < -0.4 is 15.4 Å². The minimum absolute atomic E-state index is 0. The SMILES string of the molecule is CCNC(=NCc1ccc(Oc2cccnc2)c(F)c1)NCCc1ncc(C)s1.I. The summed E-state index contributed by atoms with van der Waals surface area (Å²) in [7, 11) is 0. The van der Waals surface area contributed by atoms with Gasteiger partial charge in [-0.3, -0.25) is 4.98 Å². The van der Waals surface area contributed by atoms with Crippen molar-refractivity contribution in [2.75, 3.05) is 13.1 Å². The van der Waals surface area contributed by atoms with Crippen LogP contribution in [0.25, 0.3) is 0 Å². The third-order valence-corrected chi connectivity index (χ3v) is 4.90. The molecule has 0 saturated carbocycles. The Hall–Kier alpha value is -2.27. The van der Waals surface area contributed by atoms with Crippen molar-refractivity contribution in [1.82, 2.24) is 20.6 Å². The molecule has 2 heterocycles. The fourth-order valence-electron chi connectivity index (χ4n) is 2.58. The zero-order valence-corrected chi connectivity index (χ0v) is 20.0. The first-order chi connectivity index (χ1) is 14.1. The molecule has 0 unspecified atom stereocenters. The van der Waals surface area contributed by atoms with E-state index < -0.39 is 5.82 Å². The predicted octanol–water partition coefficient (Wildman–Crippen LogP) is 4.69. The first-order valence-electron chi connectivity index (χ1n) is 9.44. The number of rotatable bonds is 8. The van der Waals surface area contributed by atoms with Gasteiger partial charge in [0.15, 0.2) is 17.5 Å². The Morgan fingerprint density at radius 1 is 1.23 bits per heavy atom. The molecule has 30 heavy (non-hydrogen) atoms. The third-order valence-electron chi connectivity index (χ3n) is 3.92. The summed E-state index contributed by atoms with van der Waals surface area (Å²) in [6, 6.07) is 8.32. The number of aliphatic imine (C=N–C) groups is 1. The lowest BCUT2D eigenvalue weighted by atomic mass is 10.2. The number of guanidine groups is 1. The Kier molecular flexibility index (Phi) is 9.95. The molecule has 0 fully saturated rings. The summed E-state index contributed by atoms with van der Waals surface area (Å²) in [6.45, 7) is 5.88. The van der Waals surface area contributed by atoms with Gasteiger partial charge in [-0.1, -0.05) is 6.07 Å². The summed E-state index contributed by atoms with van der Waals surface area (Å²) in [5.74, 6) is 0.913. The molecule has 0 saturated heterocycles. The smallest absolute Gasteiger partial charge is 0.191 e. The van der Waals surface area contributed by atoms with Gasteiger partial charge in [-0.05, 0) is 43.7 Å². The number of aryl methyl sites for hydroxylation is 1. The highest BCUT2D eigenvalue weighted by atomic mass is 127. The molecule has 0 bridgehead atoms. The molecule has 3 aromatic rings. The summed E-state index contributed by atoms with van der Waals surface area (Å²) in [5.41, 5.74) is 0.758. The van der Waals surface area contributed by atoms with Gasteiger partial charge in [-0.2, -0.15) is 0 Å². The van der Waals surface area contributed by atoms with Crippen molar-refractivity contribution in [3.63, 3.8) is 0 Å². The number of ether oxygens (including phenoxy) is 1. The fourth-order valence-corrected chi connectivity index (χ4v) is 3.36. The van der Waals surface area contributed by atoms with Gasteiger partial charge >= 0.3 is 0 Å². The number of thiazole rings is 1. The minimum Gasteiger partial charge on any atom is -0.453 e. The van der Waals surface area contributed by atoms with Crippen molar-refractivity contribution in [2.45, 2.75) is 26.8 Å². The van der Waals surface area contributed by atoms with Crippen molar-refractivity contribution >= 4 is 41.3 Å². The van der Waals surface area contributed by atoms with Gasteiger partial charge in [0.2, 0.25) is 0 Å². The van der Waals surface area contributed by atoms with E-state index in [1.54, 1.807) is 48.0 Å². The van der Waals surface area contributed by atoms with E-state index in [4.69, 9.17) is 4.74 Å². The van der Waals surface area contributed by atoms with E-state index in [-0.39, 0.29) is 29.7 Å². The van der Waals surface area contributed by atoms with Crippen LogP contribution in [0.5, 0.6) is 11.5 Å². The maximum absolute atomic E-state index is 14.4. The lowest BCUT2D eigenvalue weighted by Gasteiger charge is -2.11. The van der Waals surface area contributed by atoms with E-state index in [9.17, 15) is 4.39 Å². The fraction of sp³-hybridized carbons (Fsp3) is 0.286. The third kappa shape index (κ3) is 7.52. The van der Waals surface area contributed by atoms with Gasteiger partial charge in [-0.25, -0.2) is 14.4 Å². The second-order valence-corrected chi connectivity index (χ2v) is 7.61. The van der Waals surface area contributed by atoms with Crippen LogP contribution in [0.4, 0.5) is 4.39 Å². The van der Waals surface area contributed by atoms with Gasteiger partial charge in [0.05, 0.1) is 17.7 Å². The highest BCUT2D eigenvalue weighted by molar-refractivity contribution is 14.0. The molecule has 0 spiro atoms. The molecule has 2 N–H and O–H groups in total. The number of hydrogen-bond acceptors (Lipinski definition) is 5. The topological polar surface area (TPSA) is 71.4 Å². The molecule has 1 aromatic carbocycles. The molecular weight excluding hydrogens is 516 g/mol. The summed E-state index contributed by atoms with van der Waals surface area (Å²) in [4.78, 5) is 14.1. The van der Waals surface area contributed by atoms with E-state index >= 15 is 0 Å². The van der Waals surface area contributed by atoms with Crippen LogP contribution in [0.3, 0.4) is 0 Å². The molecule has 0 atom stereocenters. The average Bonchev–Trinajstić information content (AvgIpc) is 3.14. The standard InChI is InChI=1S/C21H24FN5OS.HI/c1-3-24-21(25-10-8-20-26-12-15(2)29-20)27-13-16-6-7-19(18(22)11-16)28-17-5-4-9-23-14-17;/h4-7,9,11-12,14H,3,8,10,13H2,1-2H3,(H2,24,25,27);1H. The van der Waals surface area contributed by atoms with Crippen LogP contribution in [0.1, 0.15) is 22.4 Å². The molecule has 0 amide bonds. The van der Waals surface area contributed by atoms with Crippen LogP contribution in [-0.4, -0.2) is 29.0 Å². The van der Waals surface area contributed by atoms with Gasteiger partial charge in [0.1, 0.15) is 5.75 Å². The number of aromatic nitrogens is 2. The number of pyridine rings is 1. The molecule has 0 aliphatic heterocycles. The molecule has 2 aromatic heterocycles. The monoisotopic (exact) mass is 541 g/mol. The van der Waals surface area contributed by atoms with E-state index in [0.29, 0.717) is 18.3 Å². The molecule has 160 valence electrons. The maximum Gasteiger partial charge on any atom is 0.191 e.